The quantitative estimate of drug-likeness (QED) is 0.361. The van der Waals surface area contributed by atoms with E-state index in [2.05, 4.69) is 15.7 Å². The fraction of sp³-hybridized carbons (Fsp3) is 0.385. The molecule has 3 N–H and O–H groups in total. The van der Waals surface area contributed by atoms with Crippen molar-refractivity contribution in [3.05, 3.63) is 71.3 Å². The molecular weight excluding hydrogens is 525 g/mol. The Labute approximate surface area is 221 Å². The molecule has 0 bridgehead atoms. The van der Waals surface area contributed by atoms with Crippen molar-refractivity contribution in [3.63, 3.8) is 0 Å². The summed E-state index contributed by atoms with van der Waals surface area (Å²) in [6, 6.07) is 10.7. The smallest absolute Gasteiger partial charge is 0.415 e. The Morgan fingerprint density at radius 1 is 1.15 bits per heavy atom. The van der Waals surface area contributed by atoms with Gasteiger partial charge in [0, 0.05) is 25.6 Å². The zero-order valence-corrected chi connectivity index (χ0v) is 21.2. The highest BCUT2D eigenvalue weighted by Crippen LogP contribution is 2.32. The Hall–Kier alpha value is -3.71. The molecule has 1 aromatic heterocycles. The summed E-state index contributed by atoms with van der Waals surface area (Å²) in [5.74, 6) is -2.24. The van der Waals surface area contributed by atoms with Crippen LogP contribution in [0.4, 0.5) is 32.6 Å². The molecule has 3 unspecified atom stereocenters. The van der Waals surface area contributed by atoms with Crippen LogP contribution >= 0.6 is 0 Å². The predicted octanol–water partition coefficient (Wildman–Crippen LogP) is 4.37. The molecule has 13 heteroatoms. The van der Waals surface area contributed by atoms with Crippen molar-refractivity contribution in [2.75, 3.05) is 31.6 Å². The number of aliphatic hydroxyl groups is 1. The van der Waals surface area contributed by atoms with Crippen molar-refractivity contribution >= 4 is 11.8 Å². The van der Waals surface area contributed by atoms with E-state index in [4.69, 9.17) is 4.74 Å². The minimum Gasteiger partial charge on any atom is -0.477 e. The molecule has 0 spiro atoms. The van der Waals surface area contributed by atoms with Crippen LogP contribution in [-0.4, -0.2) is 70.4 Å². The third-order valence-corrected chi connectivity index (χ3v) is 6.49. The summed E-state index contributed by atoms with van der Waals surface area (Å²) in [4.78, 5) is 14.5. The summed E-state index contributed by atoms with van der Waals surface area (Å²) in [7, 11) is 0. The topological polar surface area (TPSA) is 91.6 Å². The number of benzene rings is 2. The van der Waals surface area contributed by atoms with E-state index in [0.29, 0.717) is 35.1 Å². The Balaban J connectivity index is 1.58. The maximum absolute atomic E-state index is 14.0. The number of nitrogens with zero attached hydrogens (tertiary/aromatic N) is 3. The van der Waals surface area contributed by atoms with Crippen LogP contribution in [0.25, 0.3) is 5.69 Å². The molecular formula is C26H28F5N5O3. The zero-order chi connectivity index (χ0) is 28.3. The van der Waals surface area contributed by atoms with Gasteiger partial charge < -0.3 is 15.2 Å². The summed E-state index contributed by atoms with van der Waals surface area (Å²) in [5.41, 5.74) is 1.50. The first-order valence-electron chi connectivity index (χ1n) is 12.2. The molecule has 4 rings (SSSR count). The molecule has 2 heterocycles. The van der Waals surface area contributed by atoms with Gasteiger partial charge in [0.2, 0.25) is 5.88 Å². The maximum atomic E-state index is 14.0. The number of halogens is 5. The molecule has 1 saturated heterocycles. The van der Waals surface area contributed by atoms with Crippen molar-refractivity contribution in [1.29, 1.82) is 0 Å². The Morgan fingerprint density at radius 3 is 2.51 bits per heavy atom. The molecule has 2 amide bonds. The molecule has 3 atom stereocenters. The van der Waals surface area contributed by atoms with E-state index in [9.17, 15) is 31.9 Å². The van der Waals surface area contributed by atoms with Gasteiger partial charge in [-0.2, -0.15) is 13.2 Å². The highest BCUT2D eigenvalue weighted by atomic mass is 19.4. The molecule has 2 aromatic carbocycles. The fourth-order valence-corrected chi connectivity index (χ4v) is 4.57. The predicted molar refractivity (Wildman–Crippen MR) is 133 cm³/mol. The van der Waals surface area contributed by atoms with Crippen molar-refractivity contribution in [3.8, 4) is 11.6 Å². The van der Waals surface area contributed by atoms with Crippen LogP contribution in [0.1, 0.15) is 24.0 Å². The summed E-state index contributed by atoms with van der Waals surface area (Å²) in [5, 5.41) is 19.5. The minimum atomic E-state index is -4.83. The summed E-state index contributed by atoms with van der Waals surface area (Å²) >= 11 is 0. The average Bonchev–Trinajstić information content (AvgIpc) is 3.41. The number of likely N-dealkylation sites (tertiary alicyclic amines) is 1. The van der Waals surface area contributed by atoms with Gasteiger partial charge in [-0.1, -0.05) is 24.3 Å². The summed E-state index contributed by atoms with van der Waals surface area (Å²) < 4.78 is 73.5. The Kier molecular flexibility index (Phi) is 8.40. The first-order valence-corrected chi connectivity index (χ1v) is 12.2. The fourth-order valence-electron chi connectivity index (χ4n) is 4.57. The van der Waals surface area contributed by atoms with Crippen molar-refractivity contribution in [2.24, 2.45) is 0 Å². The van der Waals surface area contributed by atoms with Crippen LogP contribution in [0.5, 0.6) is 5.88 Å². The number of rotatable bonds is 8. The Morgan fingerprint density at radius 2 is 1.87 bits per heavy atom. The third-order valence-electron chi connectivity index (χ3n) is 6.49. The van der Waals surface area contributed by atoms with E-state index in [-0.39, 0.29) is 13.1 Å². The van der Waals surface area contributed by atoms with Gasteiger partial charge in [0.1, 0.15) is 5.82 Å². The van der Waals surface area contributed by atoms with Crippen LogP contribution in [-0.2, 0) is 0 Å². The van der Waals surface area contributed by atoms with Crippen LogP contribution < -0.4 is 15.4 Å². The highest BCUT2D eigenvalue weighted by Gasteiger charge is 2.43. The zero-order valence-electron chi connectivity index (χ0n) is 21.2. The molecule has 0 saturated carbocycles. The average molecular weight is 554 g/mol. The molecule has 8 nitrogen and oxygen atoms in total. The normalized spacial score (nSPS) is 18.7. The lowest BCUT2D eigenvalue weighted by atomic mass is 9.94. The lowest BCUT2D eigenvalue weighted by Crippen LogP contribution is -2.44. The molecule has 1 aliphatic rings. The first kappa shape index (κ1) is 28.3. The van der Waals surface area contributed by atoms with Gasteiger partial charge in [0.05, 0.1) is 23.9 Å². The van der Waals surface area contributed by atoms with Gasteiger partial charge in [0.15, 0.2) is 17.7 Å². The molecule has 0 aliphatic carbocycles. The van der Waals surface area contributed by atoms with E-state index in [1.54, 1.807) is 38.1 Å². The second-order valence-corrected chi connectivity index (χ2v) is 9.22. The highest BCUT2D eigenvalue weighted by molar-refractivity contribution is 5.90. The van der Waals surface area contributed by atoms with Gasteiger partial charge in [0.25, 0.3) is 0 Å². The molecule has 210 valence electrons. The van der Waals surface area contributed by atoms with Crippen molar-refractivity contribution in [2.45, 2.75) is 38.1 Å². The number of aliphatic hydroxyl groups excluding tert-OH is 1. The number of alkyl halides is 3. The number of β-amino-alcohol motifs (C(OH)–C–C–N with tert-alkyl or cyclic N) is 1. The maximum Gasteiger partial charge on any atom is 0.415 e. The number of carbonyl (C=O) groups excluding carboxylic acids is 1. The van der Waals surface area contributed by atoms with E-state index in [1.807, 2.05) is 6.07 Å². The van der Waals surface area contributed by atoms with E-state index in [0.717, 1.165) is 12.1 Å². The van der Waals surface area contributed by atoms with Crippen LogP contribution in [0.3, 0.4) is 0 Å². The van der Waals surface area contributed by atoms with Gasteiger partial charge in [-0.3, -0.25) is 10.2 Å². The van der Waals surface area contributed by atoms with Crippen LogP contribution in [0.2, 0.25) is 0 Å². The first-order chi connectivity index (χ1) is 18.5. The van der Waals surface area contributed by atoms with E-state index >= 15 is 0 Å². The van der Waals surface area contributed by atoms with Crippen LogP contribution in [0.15, 0.2) is 48.5 Å². The number of aromatic nitrogens is 2. The largest absolute Gasteiger partial charge is 0.477 e. The second kappa shape index (κ2) is 11.6. The van der Waals surface area contributed by atoms with Gasteiger partial charge in [-0.25, -0.2) is 18.3 Å². The van der Waals surface area contributed by atoms with Crippen LogP contribution in [0, 0.1) is 18.6 Å². The SMILES string of the molecule is CCOc1nn(-c2ccccc2)c(NC(=O)NC2CN(CC(O)C(F)(F)F)CC2c2ccc(F)c(F)c2)c1C. The molecule has 1 aliphatic heterocycles. The monoisotopic (exact) mass is 553 g/mol. The second-order valence-electron chi connectivity index (χ2n) is 9.22. The van der Waals surface area contributed by atoms with Gasteiger partial charge >= 0.3 is 12.2 Å². The number of anilines is 1. The molecule has 39 heavy (non-hydrogen) atoms. The standard InChI is InChI=1S/C26H28F5N5O3/c1-3-39-24-15(2)23(36(34-24)17-7-5-4-6-8-17)33-25(38)32-21-13-35(14-22(37)26(29,30)31)12-18(21)16-9-10-19(27)20(28)11-16/h4-11,18,21-22,37H,3,12-14H2,1-2H3,(H2,32,33,38). The number of urea groups is 1. The number of hydrogen-bond donors (Lipinski definition) is 3. The van der Waals surface area contributed by atoms with Gasteiger partial charge in [-0.05, 0) is 43.7 Å². The molecule has 1 fully saturated rings. The Bertz CT molecular complexity index is 1300. The summed E-state index contributed by atoms with van der Waals surface area (Å²) in [6.07, 6.45) is -7.43. The lowest BCUT2D eigenvalue weighted by Gasteiger charge is -2.22. The van der Waals surface area contributed by atoms with E-state index < -0.39 is 48.5 Å². The van der Waals surface area contributed by atoms with Crippen molar-refractivity contribution < 1.29 is 36.6 Å². The minimum absolute atomic E-state index is 0.0291. The molecule has 3 aromatic rings. The number of para-hydroxylation sites is 1. The molecule has 0 radical (unpaired) electrons. The number of ether oxygens (including phenoxy) is 1. The number of amides is 2. The summed E-state index contributed by atoms with van der Waals surface area (Å²) in [6.45, 7) is 3.02. The number of nitrogens with one attached hydrogen (secondary N) is 2. The third kappa shape index (κ3) is 6.48. The van der Waals surface area contributed by atoms with Gasteiger partial charge in [-0.15, -0.1) is 5.10 Å². The lowest BCUT2D eigenvalue weighted by molar-refractivity contribution is -0.207. The van der Waals surface area contributed by atoms with E-state index in [1.165, 1.54) is 15.6 Å². The number of carbonyl (C=O) groups is 1. The van der Waals surface area contributed by atoms with Crippen molar-refractivity contribution in [1.82, 2.24) is 20.0 Å². The number of hydrogen-bond acceptors (Lipinski definition) is 5.